The summed E-state index contributed by atoms with van der Waals surface area (Å²) in [5.74, 6) is 0.393. The van der Waals surface area contributed by atoms with Crippen LogP contribution in [-0.4, -0.2) is 39.0 Å². The van der Waals surface area contributed by atoms with Gasteiger partial charge in [-0.25, -0.2) is 9.50 Å². The molecule has 2 N–H and O–H groups in total. The average Bonchev–Trinajstić information content (AvgIpc) is 3.55. The lowest BCUT2D eigenvalue weighted by molar-refractivity contribution is -0.182. The molecular formula is C34H36N4O4. The summed E-state index contributed by atoms with van der Waals surface area (Å²) >= 11 is 0. The highest BCUT2D eigenvalue weighted by molar-refractivity contribution is 5.65. The number of anilines is 1. The first-order chi connectivity index (χ1) is 20.5. The van der Waals surface area contributed by atoms with Crippen LogP contribution >= 0.6 is 0 Å². The Balaban J connectivity index is 1.38. The lowest BCUT2D eigenvalue weighted by Gasteiger charge is -2.41. The van der Waals surface area contributed by atoms with Gasteiger partial charge in [0.1, 0.15) is 35.3 Å². The van der Waals surface area contributed by atoms with Crippen molar-refractivity contribution in [3.05, 3.63) is 132 Å². The molecule has 2 aromatic heterocycles. The molecular weight excluding hydrogens is 528 g/mol. The number of nitrogen functional groups attached to an aromatic ring is 1. The molecule has 8 nitrogen and oxygen atoms in total. The monoisotopic (exact) mass is 564 g/mol. The number of nitrogens with two attached hydrogens (primary N) is 1. The maximum atomic E-state index is 6.99. The maximum absolute atomic E-state index is 6.99. The van der Waals surface area contributed by atoms with Gasteiger partial charge in [0, 0.05) is 0 Å². The van der Waals surface area contributed by atoms with Crippen LogP contribution < -0.4 is 5.73 Å². The second-order valence-corrected chi connectivity index (χ2v) is 10.9. The first kappa shape index (κ1) is 28.1. The second kappa shape index (κ2) is 12.0. The molecule has 3 heterocycles. The molecule has 4 atom stereocenters. The molecule has 0 bridgehead atoms. The first-order valence-corrected chi connectivity index (χ1v) is 14.2. The van der Waals surface area contributed by atoms with Crippen molar-refractivity contribution < 1.29 is 18.9 Å². The zero-order valence-corrected chi connectivity index (χ0v) is 23.9. The molecule has 0 spiro atoms. The predicted octanol–water partition coefficient (Wildman–Crippen LogP) is 5.70. The van der Waals surface area contributed by atoms with E-state index in [2.05, 4.69) is 41.3 Å². The van der Waals surface area contributed by atoms with Crippen molar-refractivity contribution in [1.82, 2.24) is 14.6 Å². The van der Waals surface area contributed by atoms with Gasteiger partial charge in [-0.05, 0) is 42.7 Å². The summed E-state index contributed by atoms with van der Waals surface area (Å²) in [4.78, 5) is 4.17. The van der Waals surface area contributed by atoms with Crippen LogP contribution in [0.5, 0.6) is 0 Å². The number of nitrogens with zero attached hydrogens (tertiary/aromatic N) is 3. The molecule has 0 amide bonds. The molecule has 0 radical (unpaired) electrons. The second-order valence-electron chi connectivity index (χ2n) is 10.9. The Hall–Kier alpha value is -4.08. The molecule has 8 heteroatoms. The molecule has 1 fully saturated rings. The van der Waals surface area contributed by atoms with Gasteiger partial charge in [0.05, 0.1) is 32.1 Å². The zero-order valence-electron chi connectivity index (χ0n) is 23.9. The van der Waals surface area contributed by atoms with Crippen molar-refractivity contribution in [2.75, 3.05) is 12.3 Å². The molecule has 0 unspecified atom stereocenters. The van der Waals surface area contributed by atoms with Crippen molar-refractivity contribution in [3.63, 3.8) is 0 Å². The van der Waals surface area contributed by atoms with Crippen molar-refractivity contribution in [2.24, 2.45) is 0 Å². The van der Waals surface area contributed by atoms with Gasteiger partial charge in [0.25, 0.3) is 0 Å². The third-order valence-corrected chi connectivity index (χ3v) is 8.23. The topological polar surface area (TPSA) is 93.1 Å². The summed E-state index contributed by atoms with van der Waals surface area (Å²) in [6, 6.07) is 34.2. The number of hydrogen-bond acceptors (Lipinski definition) is 7. The van der Waals surface area contributed by atoms with E-state index in [4.69, 9.17) is 24.7 Å². The minimum absolute atomic E-state index is 0.314. The van der Waals surface area contributed by atoms with Crippen LogP contribution in [0, 0.1) is 0 Å². The van der Waals surface area contributed by atoms with Crippen molar-refractivity contribution >= 4 is 11.3 Å². The number of aromatic nitrogens is 3. The Kier molecular flexibility index (Phi) is 8.04. The van der Waals surface area contributed by atoms with E-state index in [0.29, 0.717) is 37.8 Å². The van der Waals surface area contributed by atoms with Gasteiger partial charge in [-0.15, -0.1) is 0 Å². The largest absolute Gasteiger partial charge is 0.382 e. The van der Waals surface area contributed by atoms with Gasteiger partial charge in [0.15, 0.2) is 5.82 Å². The van der Waals surface area contributed by atoms with Crippen LogP contribution in [0.2, 0.25) is 0 Å². The van der Waals surface area contributed by atoms with Gasteiger partial charge >= 0.3 is 0 Å². The predicted molar refractivity (Wildman–Crippen MR) is 160 cm³/mol. The van der Waals surface area contributed by atoms with Crippen molar-refractivity contribution in [2.45, 2.75) is 57.1 Å². The molecule has 1 aliphatic heterocycles. The van der Waals surface area contributed by atoms with Gasteiger partial charge in [-0.1, -0.05) is 91.0 Å². The number of fused-ring (bicyclic) bond motifs is 1. The maximum Gasteiger partial charge on any atom is 0.151 e. The summed E-state index contributed by atoms with van der Waals surface area (Å²) in [5.41, 5.74) is 8.97. The highest BCUT2D eigenvalue weighted by Crippen LogP contribution is 2.51. The smallest absolute Gasteiger partial charge is 0.151 e. The fraction of sp³-hybridized carbons (Fsp3) is 0.294. The Morgan fingerprint density at radius 2 is 1.38 bits per heavy atom. The molecule has 1 aliphatic rings. The summed E-state index contributed by atoms with van der Waals surface area (Å²) in [5, 5.41) is 4.54. The normalized spacial score (nSPS) is 23.9. The molecule has 0 saturated carbocycles. The quantitative estimate of drug-likeness (QED) is 0.220. The Bertz CT molecular complexity index is 1600. The Morgan fingerprint density at radius 3 is 2.02 bits per heavy atom. The van der Waals surface area contributed by atoms with E-state index >= 15 is 0 Å². The fourth-order valence-electron chi connectivity index (χ4n) is 5.78. The molecule has 216 valence electrons. The third kappa shape index (κ3) is 5.42. The SMILES string of the molecule is C[C@@]1(c2ccc3c(N)ncnn23)O[C@H](COCc2ccccc2)[C@@H](OCc2ccccc2)[C@@]1(C)OCc1ccccc1. The molecule has 1 saturated heterocycles. The van der Waals surface area contributed by atoms with Crippen LogP contribution in [0.3, 0.4) is 0 Å². The lowest BCUT2D eigenvalue weighted by Crippen LogP contribution is -2.54. The molecule has 5 aromatic rings. The van der Waals surface area contributed by atoms with Crippen LogP contribution in [0.25, 0.3) is 5.52 Å². The van der Waals surface area contributed by atoms with Crippen molar-refractivity contribution in [1.29, 1.82) is 0 Å². The van der Waals surface area contributed by atoms with E-state index in [-0.39, 0.29) is 0 Å². The van der Waals surface area contributed by atoms with E-state index in [1.165, 1.54) is 6.33 Å². The molecule has 0 aliphatic carbocycles. The summed E-state index contributed by atoms with van der Waals surface area (Å²) < 4.78 is 28.7. The summed E-state index contributed by atoms with van der Waals surface area (Å²) in [7, 11) is 0. The summed E-state index contributed by atoms with van der Waals surface area (Å²) in [6.07, 6.45) is 0.538. The Labute approximate surface area is 246 Å². The standard InChI is InChI=1S/C34H36N4O4/c1-33(30-19-18-28-32(35)36-24-37-38(28)30)34(2,41-22-27-16-10-5-11-17-27)31(40-21-26-14-8-4-9-15-26)29(42-33)23-39-20-25-12-6-3-7-13-25/h3-19,24,29,31H,20-23H2,1-2H3,(H2,35,36,37)/t29-,31-,33+,34-/m1/s1. The Morgan fingerprint density at radius 1 is 0.786 bits per heavy atom. The van der Waals surface area contributed by atoms with Gasteiger partial charge in [-0.3, -0.25) is 0 Å². The van der Waals surface area contributed by atoms with Crippen LogP contribution in [0.4, 0.5) is 5.82 Å². The fourth-order valence-corrected chi connectivity index (χ4v) is 5.78. The van der Waals surface area contributed by atoms with E-state index in [1.54, 1.807) is 4.52 Å². The van der Waals surface area contributed by atoms with Gasteiger partial charge in [-0.2, -0.15) is 5.10 Å². The van der Waals surface area contributed by atoms with Gasteiger partial charge in [0.2, 0.25) is 0 Å². The minimum atomic E-state index is -0.989. The van der Waals surface area contributed by atoms with Crippen molar-refractivity contribution in [3.8, 4) is 0 Å². The van der Waals surface area contributed by atoms with E-state index < -0.39 is 23.4 Å². The molecule has 6 rings (SSSR count). The highest BCUT2D eigenvalue weighted by atomic mass is 16.6. The average molecular weight is 565 g/mol. The van der Waals surface area contributed by atoms with Gasteiger partial charge < -0.3 is 24.7 Å². The molecule has 3 aromatic carbocycles. The third-order valence-electron chi connectivity index (χ3n) is 8.23. The first-order valence-electron chi connectivity index (χ1n) is 14.2. The molecule has 42 heavy (non-hydrogen) atoms. The zero-order chi connectivity index (χ0) is 29.0. The number of rotatable bonds is 11. The van der Waals surface area contributed by atoms with E-state index in [1.807, 2.05) is 85.8 Å². The lowest BCUT2D eigenvalue weighted by atomic mass is 9.80. The number of ether oxygens (including phenoxy) is 4. The highest BCUT2D eigenvalue weighted by Gasteiger charge is 2.64. The minimum Gasteiger partial charge on any atom is -0.382 e. The number of benzene rings is 3. The van der Waals surface area contributed by atoms with Crippen LogP contribution in [-0.2, 0) is 44.4 Å². The van der Waals surface area contributed by atoms with Crippen LogP contribution in [0.1, 0.15) is 36.2 Å². The van der Waals surface area contributed by atoms with E-state index in [0.717, 1.165) is 22.4 Å². The van der Waals surface area contributed by atoms with E-state index in [9.17, 15) is 0 Å². The van der Waals surface area contributed by atoms with Crippen LogP contribution in [0.15, 0.2) is 109 Å². The summed E-state index contributed by atoms with van der Waals surface area (Å²) in [6.45, 7) is 5.64. The number of hydrogen-bond donors (Lipinski definition) is 1.